The second-order valence-corrected chi connectivity index (χ2v) is 7.30. The van der Waals surface area contributed by atoms with E-state index in [4.69, 9.17) is 43.8 Å². The maximum Gasteiger partial charge on any atom is 0.253 e. The molecule has 0 atom stereocenters. The Kier molecular flexibility index (Phi) is 5.23. The van der Waals surface area contributed by atoms with E-state index in [1.807, 2.05) is 0 Å². The highest BCUT2D eigenvalue weighted by atomic mass is 35.5. The molecule has 4 rings (SSSR count). The summed E-state index contributed by atoms with van der Waals surface area (Å²) in [6.45, 7) is 1.77. The summed E-state index contributed by atoms with van der Waals surface area (Å²) < 4.78 is 26.4. The fourth-order valence-corrected chi connectivity index (χ4v) is 3.29. The molecule has 0 saturated heterocycles. The Balaban J connectivity index is 1.62. The number of nitrogens with one attached hydrogen (secondary N) is 1. The van der Waals surface area contributed by atoms with Crippen LogP contribution in [-0.4, -0.2) is 20.4 Å². The number of nitrogen functional groups attached to an aromatic ring is 2. The predicted molar refractivity (Wildman–Crippen MR) is 111 cm³/mol. The van der Waals surface area contributed by atoms with Crippen LogP contribution in [0.1, 0.15) is 17.1 Å². The van der Waals surface area contributed by atoms with Gasteiger partial charge in [0.2, 0.25) is 5.89 Å². The van der Waals surface area contributed by atoms with E-state index in [0.717, 1.165) is 0 Å². The fourth-order valence-electron chi connectivity index (χ4n) is 2.87. The van der Waals surface area contributed by atoms with Crippen LogP contribution in [0, 0.1) is 12.7 Å². The van der Waals surface area contributed by atoms with Crippen LogP contribution >= 0.6 is 23.2 Å². The zero-order valence-electron chi connectivity index (χ0n) is 15.5. The Morgan fingerprint density at radius 3 is 2.67 bits per heavy atom. The van der Waals surface area contributed by atoms with Gasteiger partial charge in [0.25, 0.3) is 5.89 Å². The Morgan fingerprint density at radius 2 is 1.97 bits per heavy atom. The van der Waals surface area contributed by atoms with Crippen LogP contribution in [0.5, 0.6) is 11.5 Å². The third kappa shape index (κ3) is 3.89. The molecule has 0 aliphatic carbocycles. The number of nitrogens with two attached hydrogens (primary N) is 2. The smallest absolute Gasteiger partial charge is 0.253 e. The summed E-state index contributed by atoms with van der Waals surface area (Å²) in [5, 5.41) is 15.0. The van der Waals surface area contributed by atoms with Crippen molar-refractivity contribution in [3.8, 4) is 23.0 Å². The number of nitrogens with zero attached hydrogens (tertiary/aromatic N) is 3. The molecular weight excluding hydrogens is 434 g/mol. The van der Waals surface area contributed by atoms with Crippen molar-refractivity contribution in [1.82, 2.24) is 20.4 Å². The minimum absolute atomic E-state index is 0.0147. The maximum atomic E-state index is 15.1. The van der Waals surface area contributed by atoms with E-state index in [-0.39, 0.29) is 46.1 Å². The molecule has 0 radical (unpaired) electrons. The molecular formula is C19H15Cl2FN6O2. The van der Waals surface area contributed by atoms with Gasteiger partial charge in [-0.25, -0.2) is 4.39 Å². The van der Waals surface area contributed by atoms with Crippen molar-refractivity contribution in [3.05, 3.63) is 63.3 Å². The first-order valence-electron chi connectivity index (χ1n) is 8.66. The van der Waals surface area contributed by atoms with Crippen molar-refractivity contribution in [2.24, 2.45) is 0 Å². The monoisotopic (exact) mass is 448 g/mol. The Bertz CT molecular complexity index is 1200. The van der Waals surface area contributed by atoms with Crippen LogP contribution in [-0.2, 0) is 6.42 Å². The van der Waals surface area contributed by atoms with Gasteiger partial charge in [-0.3, -0.25) is 5.10 Å². The molecule has 5 N–H and O–H groups in total. The minimum Gasteiger partial charge on any atom is -0.453 e. The molecule has 154 valence electrons. The van der Waals surface area contributed by atoms with E-state index in [0.29, 0.717) is 22.0 Å². The highest BCUT2D eigenvalue weighted by molar-refractivity contribution is 6.32. The number of hydrogen-bond acceptors (Lipinski definition) is 7. The standard InChI is InChI=1S/C19H15Cl2FN6O2/c1-8-15(18(24)27-25-8)19-28-26-14(30-19)4-9-2-3-13(21)17(16(9)22)29-12-6-10(20)5-11(23)7-12/h2-3,5-7H,4,23H2,1H3,(H3,24,25,27). The van der Waals surface area contributed by atoms with Gasteiger partial charge < -0.3 is 20.6 Å². The molecule has 11 heteroatoms. The van der Waals surface area contributed by atoms with E-state index in [9.17, 15) is 0 Å². The molecule has 0 bridgehead atoms. The van der Waals surface area contributed by atoms with Crippen LogP contribution in [0.3, 0.4) is 0 Å². The topological polar surface area (TPSA) is 129 Å². The quantitative estimate of drug-likeness (QED) is 0.375. The number of aryl methyl sites for hydroxylation is 1. The van der Waals surface area contributed by atoms with Crippen molar-refractivity contribution >= 4 is 34.7 Å². The molecule has 0 aliphatic rings. The molecule has 8 nitrogen and oxygen atoms in total. The summed E-state index contributed by atoms with van der Waals surface area (Å²) in [5.74, 6) is 0.0317. The van der Waals surface area contributed by atoms with Crippen LogP contribution < -0.4 is 16.2 Å². The first-order chi connectivity index (χ1) is 14.3. The van der Waals surface area contributed by atoms with Crippen molar-refractivity contribution in [2.75, 3.05) is 11.5 Å². The van der Waals surface area contributed by atoms with Crippen LogP contribution in [0.4, 0.5) is 15.9 Å². The first-order valence-corrected chi connectivity index (χ1v) is 9.41. The number of H-pyrrole nitrogens is 1. The number of hydrogen-bond donors (Lipinski definition) is 3. The highest BCUT2D eigenvalue weighted by Crippen LogP contribution is 2.36. The van der Waals surface area contributed by atoms with Gasteiger partial charge in [0.05, 0.1) is 11.4 Å². The Morgan fingerprint density at radius 1 is 1.17 bits per heavy atom. The number of anilines is 2. The van der Waals surface area contributed by atoms with Gasteiger partial charge in [-0.15, -0.1) is 10.2 Å². The van der Waals surface area contributed by atoms with E-state index in [1.165, 1.54) is 24.3 Å². The van der Waals surface area contributed by atoms with Crippen molar-refractivity contribution < 1.29 is 13.5 Å². The van der Waals surface area contributed by atoms with Gasteiger partial charge in [0.15, 0.2) is 17.4 Å². The summed E-state index contributed by atoms with van der Waals surface area (Å²) in [4.78, 5) is 0. The molecule has 0 amide bonds. The number of rotatable bonds is 5. The number of halogens is 3. The van der Waals surface area contributed by atoms with E-state index >= 15 is 4.39 Å². The molecule has 4 aromatic rings. The van der Waals surface area contributed by atoms with Gasteiger partial charge >= 0.3 is 0 Å². The average molecular weight is 449 g/mol. The molecule has 2 heterocycles. The second kappa shape index (κ2) is 7.85. The van der Waals surface area contributed by atoms with Gasteiger partial charge in [-0.2, -0.15) is 5.10 Å². The molecule has 0 aliphatic heterocycles. The van der Waals surface area contributed by atoms with Crippen LogP contribution in [0.15, 0.2) is 34.7 Å². The van der Waals surface area contributed by atoms with Gasteiger partial charge in [0, 0.05) is 28.0 Å². The summed E-state index contributed by atoms with van der Waals surface area (Å²) >= 11 is 12.1. The fraction of sp³-hybridized carbons (Fsp3) is 0.105. The molecule has 2 aromatic carbocycles. The number of ether oxygens (including phenoxy) is 1. The highest BCUT2D eigenvalue weighted by Gasteiger charge is 2.20. The summed E-state index contributed by atoms with van der Waals surface area (Å²) in [5.41, 5.74) is 13.4. The lowest BCUT2D eigenvalue weighted by atomic mass is 10.1. The summed E-state index contributed by atoms with van der Waals surface area (Å²) in [6, 6.07) is 7.58. The molecule has 0 fully saturated rings. The van der Waals surface area contributed by atoms with E-state index in [2.05, 4.69) is 20.4 Å². The number of aromatic nitrogens is 4. The largest absolute Gasteiger partial charge is 0.453 e. The maximum absolute atomic E-state index is 15.1. The summed E-state index contributed by atoms with van der Waals surface area (Å²) in [7, 11) is 0. The normalized spacial score (nSPS) is 11.1. The third-order valence-corrected chi connectivity index (χ3v) is 4.76. The predicted octanol–water partition coefficient (Wildman–Crippen LogP) is 4.76. The Labute approximate surface area is 179 Å². The lowest BCUT2D eigenvalue weighted by Gasteiger charge is -2.12. The van der Waals surface area contributed by atoms with Gasteiger partial charge in [0.1, 0.15) is 11.3 Å². The number of aromatic amines is 1. The van der Waals surface area contributed by atoms with Crippen molar-refractivity contribution in [1.29, 1.82) is 0 Å². The van der Waals surface area contributed by atoms with Crippen molar-refractivity contribution in [2.45, 2.75) is 13.3 Å². The van der Waals surface area contributed by atoms with Crippen molar-refractivity contribution in [3.63, 3.8) is 0 Å². The molecule has 0 saturated carbocycles. The third-order valence-electron chi connectivity index (χ3n) is 4.24. The lowest BCUT2D eigenvalue weighted by molar-refractivity contribution is 0.437. The van der Waals surface area contributed by atoms with Gasteiger partial charge in [-0.05, 0) is 25.1 Å². The van der Waals surface area contributed by atoms with Gasteiger partial charge in [-0.1, -0.05) is 29.3 Å². The second-order valence-electron chi connectivity index (χ2n) is 6.46. The number of benzene rings is 2. The Hall–Kier alpha value is -3.30. The molecule has 30 heavy (non-hydrogen) atoms. The van der Waals surface area contributed by atoms with Crippen LogP contribution in [0.25, 0.3) is 11.5 Å². The summed E-state index contributed by atoms with van der Waals surface area (Å²) in [6.07, 6.45) is 0.0147. The SMILES string of the molecule is Cc1[nH]nc(N)c1-c1nnc(Cc2ccc(Cl)c(Oc3cc(N)cc(Cl)c3)c2F)o1. The first kappa shape index (κ1) is 20.0. The zero-order chi connectivity index (χ0) is 21.4. The molecule has 0 spiro atoms. The minimum atomic E-state index is -0.667. The van der Waals surface area contributed by atoms with Crippen LogP contribution in [0.2, 0.25) is 10.0 Å². The van der Waals surface area contributed by atoms with E-state index in [1.54, 1.807) is 13.0 Å². The molecule has 2 aromatic heterocycles. The molecule has 0 unspecified atom stereocenters. The lowest BCUT2D eigenvalue weighted by Crippen LogP contribution is -1.98. The average Bonchev–Trinajstić information content (AvgIpc) is 3.26. The van der Waals surface area contributed by atoms with E-state index < -0.39 is 5.82 Å². The zero-order valence-corrected chi connectivity index (χ0v) is 17.1.